The highest BCUT2D eigenvalue weighted by atomic mass is 32.2. The summed E-state index contributed by atoms with van der Waals surface area (Å²) in [5, 5.41) is 0. The molecule has 0 N–H and O–H groups in total. The molecule has 0 radical (unpaired) electrons. The monoisotopic (exact) mass is 436 g/mol. The van der Waals surface area contributed by atoms with Crippen molar-refractivity contribution in [1.82, 2.24) is 0 Å². The van der Waals surface area contributed by atoms with Crippen molar-refractivity contribution in [2.75, 3.05) is 0 Å². The molecule has 0 heterocycles. The molecule has 4 aromatic carbocycles. The Morgan fingerprint density at radius 1 is 0.406 bits per heavy atom. The molecule has 32 heavy (non-hydrogen) atoms. The fraction of sp³-hybridized carbons (Fsp3) is 0.226. The summed E-state index contributed by atoms with van der Waals surface area (Å²) in [5.74, 6) is 0. The minimum Gasteiger partial charge on any atom is -0.0895 e. The Hall–Kier alpha value is -2.77. The number of hydrogen-bond acceptors (Lipinski definition) is 1. The number of aryl methyl sites for hydroxylation is 6. The SMILES string of the molecule is Cc1cc(C)cc(-c2ccc(C)c(Sc3cc(-c4cc(C)c(C)c(C)c4)ccc3C)c2)c1. The van der Waals surface area contributed by atoms with Crippen molar-refractivity contribution in [2.24, 2.45) is 0 Å². The van der Waals surface area contributed by atoms with E-state index in [1.54, 1.807) is 0 Å². The van der Waals surface area contributed by atoms with E-state index in [-0.39, 0.29) is 0 Å². The summed E-state index contributed by atoms with van der Waals surface area (Å²) in [6, 6.07) is 25.1. The van der Waals surface area contributed by atoms with Crippen LogP contribution in [0.5, 0.6) is 0 Å². The third kappa shape index (κ3) is 4.69. The molecule has 0 spiro atoms. The van der Waals surface area contributed by atoms with Gasteiger partial charge in [0.25, 0.3) is 0 Å². The predicted molar refractivity (Wildman–Crippen MR) is 141 cm³/mol. The van der Waals surface area contributed by atoms with Gasteiger partial charge >= 0.3 is 0 Å². The Morgan fingerprint density at radius 3 is 1.31 bits per heavy atom. The molecule has 0 saturated heterocycles. The standard InChI is InChI=1S/C31H32S/c1-19-12-20(2)14-28(13-19)26-10-8-21(3)30(17-26)32-31-18-27(11-9-22(31)4)29-15-23(5)25(7)24(6)16-29/h8-18H,1-7H3. The quantitative estimate of drug-likeness (QED) is 0.307. The maximum Gasteiger partial charge on any atom is 0.0157 e. The van der Waals surface area contributed by atoms with Crippen molar-refractivity contribution in [1.29, 1.82) is 0 Å². The summed E-state index contributed by atoms with van der Waals surface area (Å²) >= 11 is 1.88. The first-order chi connectivity index (χ1) is 15.2. The van der Waals surface area contributed by atoms with Crippen molar-refractivity contribution in [3.8, 4) is 22.3 Å². The normalized spacial score (nSPS) is 11.1. The first kappa shape index (κ1) is 22.4. The molecule has 0 aliphatic carbocycles. The molecule has 0 nitrogen and oxygen atoms in total. The van der Waals surface area contributed by atoms with E-state index in [9.17, 15) is 0 Å². The van der Waals surface area contributed by atoms with Gasteiger partial charge in [0, 0.05) is 9.79 Å². The number of rotatable bonds is 4. The van der Waals surface area contributed by atoms with Crippen LogP contribution in [0.3, 0.4) is 0 Å². The van der Waals surface area contributed by atoms with E-state index >= 15 is 0 Å². The lowest BCUT2D eigenvalue weighted by Crippen LogP contribution is -1.90. The first-order valence-electron chi connectivity index (χ1n) is 11.3. The second kappa shape index (κ2) is 9.00. The van der Waals surface area contributed by atoms with Crippen LogP contribution < -0.4 is 0 Å². The highest BCUT2D eigenvalue weighted by Gasteiger charge is 2.10. The van der Waals surface area contributed by atoms with Crippen LogP contribution in [0.2, 0.25) is 0 Å². The van der Waals surface area contributed by atoms with Crippen LogP contribution in [0.25, 0.3) is 22.3 Å². The Labute approximate surface area is 197 Å². The van der Waals surface area contributed by atoms with Gasteiger partial charge < -0.3 is 0 Å². The van der Waals surface area contributed by atoms with Gasteiger partial charge in [-0.2, -0.15) is 0 Å². The lowest BCUT2D eigenvalue weighted by Gasteiger charge is -2.14. The van der Waals surface area contributed by atoms with Gasteiger partial charge in [-0.05, 0) is 111 Å². The Morgan fingerprint density at radius 2 is 0.844 bits per heavy atom. The van der Waals surface area contributed by atoms with Crippen molar-refractivity contribution < 1.29 is 0 Å². The van der Waals surface area contributed by atoms with Crippen LogP contribution >= 0.6 is 11.8 Å². The van der Waals surface area contributed by atoms with Crippen molar-refractivity contribution in [3.63, 3.8) is 0 Å². The fourth-order valence-corrected chi connectivity index (χ4v) is 5.31. The van der Waals surface area contributed by atoms with E-state index < -0.39 is 0 Å². The van der Waals surface area contributed by atoms with Crippen LogP contribution in [0, 0.1) is 48.5 Å². The summed E-state index contributed by atoms with van der Waals surface area (Å²) in [5.41, 5.74) is 14.5. The van der Waals surface area contributed by atoms with Crippen molar-refractivity contribution in [3.05, 3.63) is 106 Å². The Balaban J connectivity index is 1.72. The smallest absolute Gasteiger partial charge is 0.0157 e. The Kier molecular flexibility index (Phi) is 6.31. The van der Waals surface area contributed by atoms with Crippen LogP contribution in [0.4, 0.5) is 0 Å². The lowest BCUT2D eigenvalue weighted by atomic mass is 9.96. The second-order valence-electron chi connectivity index (χ2n) is 9.17. The minimum atomic E-state index is 1.28. The van der Waals surface area contributed by atoms with E-state index in [1.165, 1.54) is 71.0 Å². The summed E-state index contributed by atoms with van der Waals surface area (Å²) in [6.45, 7) is 15.4. The van der Waals surface area contributed by atoms with E-state index in [1.807, 2.05) is 11.8 Å². The fourth-order valence-electron chi connectivity index (χ4n) is 4.24. The maximum absolute atomic E-state index is 2.35. The Bertz CT molecular complexity index is 1270. The van der Waals surface area contributed by atoms with E-state index in [2.05, 4.69) is 115 Å². The first-order valence-corrected chi connectivity index (χ1v) is 12.1. The zero-order valence-corrected chi connectivity index (χ0v) is 21.1. The average molecular weight is 437 g/mol. The molecule has 4 aromatic rings. The maximum atomic E-state index is 2.35. The molecule has 0 bridgehead atoms. The predicted octanol–water partition coefficient (Wildman–Crippen LogP) is 9.33. The number of benzene rings is 4. The second-order valence-corrected chi connectivity index (χ2v) is 10.3. The van der Waals surface area contributed by atoms with Gasteiger partial charge in [-0.1, -0.05) is 77.5 Å². The molecule has 0 amide bonds. The molecule has 4 rings (SSSR count). The van der Waals surface area contributed by atoms with E-state index in [0.29, 0.717) is 0 Å². The zero-order chi connectivity index (χ0) is 23.0. The molecule has 1 heteroatoms. The minimum absolute atomic E-state index is 1.28. The zero-order valence-electron chi connectivity index (χ0n) is 20.3. The lowest BCUT2D eigenvalue weighted by molar-refractivity contribution is 1.25. The molecule has 162 valence electrons. The molecule has 0 unspecified atom stereocenters. The molecule has 0 fully saturated rings. The highest BCUT2D eigenvalue weighted by molar-refractivity contribution is 7.99. The van der Waals surface area contributed by atoms with Crippen molar-refractivity contribution >= 4 is 11.8 Å². The molecule has 0 aliphatic rings. The average Bonchev–Trinajstić information content (AvgIpc) is 2.74. The van der Waals surface area contributed by atoms with Gasteiger partial charge in [-0.15, -0.1) is 0 Å². The number of hydrogen-bond donors (Lipinski definition) is 0. The largest absolute Gasteiger partial charge is 0.0895 e. The van der Waals surface area contributed by atoms with Crippen molar-refractivity contribution in [2.45, 2.75) is 58.3 Å². The van der Waals surface area contributed by atoms with Gasteiger partial charge in [-0.3, -0.25) is 0 Å². The summed E-state index contributed by atoms with van der Waals surface area (Å²) in [4.78, 5) is 2.64. The van der Waals surface area contributed by atoms with Gasteiger partial charge in [0.1, 0.15) is 0 Å². The van der Waals surface area contributed by atoms with Crippen LogP contribution in [-0.4, -0.2) is 0 Å². The van der Waals surface area contributed by atoms with Gasteiger partial charge in [0.15, 0.2) is 0 Å². The molecule has 0 saturated carbocycles. The summed E-state index contributed by atoms with van der Waals surface area (Å²) < 4.78 is 0. The van der Waals surface area contributed by atoms with Gasteiger partial charge in [-0.25, -0.2) is 0 Å². The molecule has 0 aromatic heterocycles. The van der Waals surface area contributed by atoms with Crippen LogP contribution in [0.15, 0.2) is 76.5 Å². The molecular weight excluding hydrogens is 404 g/mol. The third-order valence-corrected chi connectivity index (χ3v) is 7.73. The molecular formula is C31H32S. The summed E-state index contributed by atoms with van der Waals surface area (Å²) in [6.07, 6.45) is 0. The third-order valence-electron chi connectivity index (χ3n) is 6.41. The highest BCUT2D eigenvalue weighted by Crippen LogP contribution is 2.38. The van der Waals surface area contributed by atoms with Gasteiger partial charge in [0.05, 0.1) is 0 Å². The van der Waals surface area contributed by atoms with Crippen LogP contribution in [0.1, 0.15) is 38.9 Å². The summed E-state index contributed by atoms with van der Waals surface area (Å²) in [7, 11) is 0. The van der Waals surface area contributed by atoms with E-state index in [4.69, 9.17) is 0 Å². The van der Waals surface area contributed by atoms with E-state index in [0.717, 1.165) is 0 Å². The van der Waals surface area contributed by atoms with Gasteiger partial charge in [0.2, 0.25) is 0 Å². The topological polar surface area (TPSA) is 0 Å². The molecule has 0 aliphatic heterocycles. The van der Waals surface area contributed by atoms with Crippen LogP contribution in [-0.2, 0) is 0 Å². The molecule has 0 atom stereocenters.